The van der Waals surface area contributed by atoms with E-state index in [1.807, 2.05) is 0 Å². The molecule has 10 atom stereocenters. The molecule has 0 radical (unpaired) electrons. The summed E-state index contributed by atoms with van der Waals surface area (Å²) in [6, 6.07) is -2.38. The summed E-state index contributed by atoms with van der Waals surface area (Å²) in [5.74, 6) is -0.796. The molecule has 0 bridgehead atoms. The first-order valence-electron chi connectivity index (χ1n) is 12.8. The average Bonchev–Trinajstić information content (AvgIpc) is 2.87. The van der Waals surface area contributed by atoms with Crippen molar-refractivity contribution in [3.63, 3.8) is 0 Å². The maximum atomic E-state index is 12.1. The molecule has 14 nitrogen and oxygen atoms in total. The highest BCUT2D eigenvalue weighted by Crippen LogP contribution is 2.21. The predicted molar refractivity (Wildman–Crippen MR) is 125 cm³/mol. The number of carbonyl (C=O) groups is 2. The first kappa shape index (κ1) is 31.8. The molecule has 2 saturated heterocycles. The number of aliphatic hydroxyl groups is 8. The molecule has 2 aliphatic rings. The van der Waals surface area contributed by atoms with E-state index in [0.29, 0.717) is 12.8 Å². The Morgan fingerprint density at radius 2 is 0.865 bits per heavy atom. The number of rotatable bonds is 14. The fourth-order valence-corrected chi connectivity index (χ4v) is 4.48. The molecule has 37 heavy (non-hydrogen) atoms. The van der Waals surface area contributed by atoms with Crippen LogP contribution in [0.1, 0.15) is 57.8 Å². The Morgan fingerprint density at radius 3 is 1.19 bits per heavy atom. The lowest BCUT2D eigenvalue weighted by Crippen LogP contribution is -2.64. The minimum Gasteiger partial charge on any atom is -0.394 e. The largest absolute Gasteiger partial charge is 0.394 e. The molecule has 2 rings (SSSR count). The summed E-state index contributed by atoms with van der Waals surface area (Å²) in [7, 11) is 0. The molecule has 0 aromatic carbocycles. The van der Waals surface area contributed by atoms with Crippen LogP contribution in [0.25, 0.3) is 0 Å². The Labute approximate surface area is 215 Å². The Balaban J connectivity index is 1.51. The van der Waals surface area contributed by atoms with Gasteiger partial charge in [-0.25, -0.2) is 0 Å². The van der Waals surface area contributed by atoms with E-state index in [2.05, 4.69) is 10.6 Å². The molecule has 216 valence electrons. The highest BCUT2D eigenvalue weighted by molar-refractivity contribution is 5.76. The van der Waals surface area contributed by atoms with Crippen LogP contribution in [0.2, 0.25) is 0 Å². The van der Waals surface area contributed by atoms with Gasteiger partial charge in [-0.15, -0.1) is 0 Å². The van der Waals surface area contributed by atoms with Crippen LogP contribution in [0.15, 0.2) is 0 Å². The van der Waals surface area contributed by atoms with Gasteiger partial charge in [0.2, 0.25) is 11.8 Å². The summed E-state index contributed by atoms with van der Waals surface area (Å²) in [6.45, 7) is -1.16. The first-order valence-corrected chi connectivity index (χ1v) is 12.8. The molecule has 14 heteroatoms. The fraction of sp³-hybridized carbons (Fsp3) is 0.913. The number of unbranched alkanes of at least 4 members (excludes halogenated alkanes) is 6. The summed E-state index contributed by atoms with van der Waals surface area (Å²) >= 11 is 0. The molecule has 2 fully saturated rings. The summed E-state index contributed by atoms with van der Waals surface area (Å²) in [6.07, 6.45) is -5.42. The molecule has 2 heterocycles. The van der Waals surface area contributed by atoms with E-state index < -0.39 is 86.3 Å². The van der Waals surface area contributed by atoms with Gasteiger partial charge in [0, 0.05) is 12.8 Å². The van der Waals surface area contributed by atoms with Gasteiger partial charge < -0.3 is 61.0 Å². The maximum Gasteiger partial charge on any atom is 0.220 e. The first-order chi connectivity index (χ1) is 17.6. The predicted octanol–water partition coefficient (Wildman–Crippen LogP) is -3.67. The second-order valence-corrected chi connectivity index (χ2v) is 9.62. The van der Waals surface area contributed by atoms with Crippen molar-refractivity contribution in [3.05, 3.63) is 0 Å². The van der Waals surface area contributed by atoms with Crippen molar-refractivity contribution in [2.24, 2.45) is 0 Å². The zero-order valence-electron chi connectivity index (χ0n) is 20.8. The van der Waals surface area contributed by atoms with Gasteiger partial charge >= 0.3 is 0 Å². The van der Waals surface area contributed by atoms with Crippen LogP contribution in [0.4, 0.5) is 0 Å². The lowest BCUT2D eigenvalue weighted by molar-refractivity contribution is -0.253. The van der Waals surface area contributed by atoms with Gasteiger partial charge in [0.25, 0.3) is 0 Å². The van der Waals surface area contributed by atoms with Gasteiger partial charge in [-0.2, -0.15) is 0 Å². The highest BCUT2D eigenvalue weighted by atomic mass is 16.6. The fourth-order valence-electron chi connectivity index (χ4n) is 4.48. The van der Waals surface area contributed by atoms with Crippen molar-refractivity contribution in [3.8, 4) is 0 Å². The van der Waals surface area contributed by atoms with Crippen LogP contribution >= 0.6 is 0 Å². The van der Waals surface area contributed by atoms with E-state index in [-0.39, 0.29) is 12.8 Å². The molecule has 0 spiro atoms. The van der Waals surface area contributed by atoms with Crippen LogP contribution in [0.3, 0.4) is 0 Å². The topological polar surface area (TPSA) is 238 Å². The number of hydrogen-bond acceptors (Lipinski definition) is 12. The molecule has 0 unspecified atom stereocenters. The number of hydrogen-bond donors (Lipinski definition) is 10. The number of amides is 2. The number of nitrogens with one attached hydrogen (secondary N) is 2. The van der Waals surface area contributed by atoms with Gasteiger partial charge in [0.15, 0.2) is 12.6 Å². The normalized spacial score (nSPS) is 36.2. The number of aliphatic hydroxyl groups excluding tert-OH is 8. The van der Waals surface area contributed by atoms with Gasteiger partial charge in [-0.05, 0) is 12.8 Å². The standard InChI is InChI=1S/C23H42N2O12/c26-10-12-18(30)20(32)16(22(34)36-12)24-14(28)8-6-4-2-1-3-5-7-9-15(29)25-17-21(33)19(31)13(11-27)37-23(17)35/h12-13,16-23,26-27,30-35H,1-11H2,(H,24,28)(H,25,29)/t12-,13-,16-,17-,18-,19-,20-,21-,22-,23-/m1/s1. The Bertz CT molecular complexity index is 645. The van der Waals surface area contributed by atoms with E-state index >= 15 is 0 Å². The minimum absolute atomic E-state index is 0.173. The Hall–Kier alpha value is -1.46. The van der Waals surface area contributed by atoms with E-state index in [0.717, 1.165) is 32.1 Å². The lowest BCUT2D eigenvalue weighted by Gasteiger charge is -2.40. The third-order valence-electron chi connectivity index (χ3n) is 6.76. The number of carbonyl (C=O) groups excluding carboxylic acids is 2. The van der Waals surface area contributed by atoms with Gasteiger partial charge in [-0.3, -0.25) is 9.59 Å². The van der Waals surface area contributed by atoms with Crippen LogP contribution in [-0.4, -0.2) is 127 Å². The van der Waals surface area contributed by atoms with Crippen LogP contribution < -0.4 is 10.6 Å². The molecule has 0 aromatic rings. The van der Waals surface area contributed by atoms with Gasteiger partial charge in [0.1, 0.15) is 48.7 Å². The van der Waals surface area contributed by atoms with E-state index in [9.17, 15) is 40.2 Å². The molecular weight excluding hydrogens is 496 g/mol. The van der Waals surface area contributed by atoms with Crippen molar-refractivity contribution in [2.75, 3.05) is 13.2 Å². The lowest BCUT2D eigenvalue weighted by atomic mass is 9.97. The maximum absolute atomic E-state index is 12.1. The quantitative estimate of drug-likeness (QED) is 0.0963. The summed E-state index contributed by atoms with van der Waals surface area (Å²) in [4.78, 5) is 24.2. The van der Waals surface area contributed by atoms with Crippen molar-refractivity contribution in [2.45, 2.75) is 119 Å². The van der Waals surface area contributed by atoms with Crippen LogP contribution in [0.5, 0.6) is 0 Å². The van der Waals surface area contributed by atoms with Crippen LogP contribution in [-0.2, 0) is 19.1 Å². The summed E-state index contributed by atoms with van der Waals surface area (Å²) < 4.78 is 10.0. The molecule has 2 amide bonds. The van der Waals surface area contributed by atoms with E-state index in [1.165, 1.54) is 0 Å². The van der Waals surface area contributed by atoms with Crippen molar-refractivity contribution in [1.82, 2.24) is 10.6 Å². The highest BCUT2D eigenvalue weighted by Gasteiger charge is 2.45. The Kier molecular flexibility index (Phi) is 13.6. The second kappa shape index (κ2) is 15.8. The van der Waals surface area contributed by atoms with E-state index in [1.54, 1.807) is 0 Å². The third kappa shape index (κ3) is 9.35. The van der Waals surface area contributed by atoms with Crippen LogP contribution in [0, 0.1) is 0 Å². The van der Waals surface area contributed by atoms with Crippen molar-refractivity contribution < 1.29 is 59.9 Å². The van der Waals surface area contributed by atoms with Crippen molar-refractivity contribution in [1.29, 1.82) is 0 Å². The molecule has 0 aliphatic carbocycles. The molecule has 10 N–H and O–H groups in total. The smallest absolute Gasteiger partial charge is 0.220 e. The molecule has 0 saturated carbocycles. The summed E-state index contributed by atoms with van der Waals surface area (Å²) in [5.41, 5.74) is 0. The summed E-state index contributed by atoms with van der Waals surface area (Å²) in [5, 5.41) is 82.7. The Morgan fingerprint density at radius 1 is 0.541 bits per heavy atom. The zero-order valence-corrected chi connectivity index (χ0v) is 20.8. The van der Waals surface area contributed by atoms with Gasteiger partial charge in [0.05, 0.1) is 13.2 Å². The van der Waals surface area contributed by atoms with Gasteiger partial charge in [-0.1, -0.05) is 32.1 Å². The van der Waals surface area contributed by atoms with Crippen molar-refractivity contribution >= 4 is 11.8 Å². The molecule has 0 aromatic heterocycles. The zero-order chi connectivity index (χ0) is 27.5. The average molecular weight is 539 g/mol. The number of ether oxygens (including phenoxy) is 2. The monoisotopic (exact) mass is 538 g/mol. The van der Waals surface area contributed by atoms with E-state index in [4.69, 9.17) is 19.7 Å². The third-order valence-corrected chi connectivity index (χ3v) is 6.76. The minimum atomic E-state index is -1.54. The SMILES string of the molecule is O=C(CCCCCCCCCC(=O)N[C@@H]1[C@@H](O)[C@H](O)[C@@H](CO)O[C@H]1O)N[C@@H]1[C@@H](O)[C@H](O)[C@@H](CO)O[C@H]1O. The molecule has 2 aliphatic heterocycles. The molecular formula is C23H42N2O12. The second-order valence-electron chi connectivity index (χ2n) is 9.62.